The molecule has 8 bridgehead atoms. The van der Waals surface area contributed by atoms with Crippen molar-refractivity contribution in [2.45, 2.75) is 120 Å². The van der Waals surface area contributed by atoms with Crippen LogP contribution in [0, 0.1) is 23.7 Å². The summed E-state index contributed by atoms with van der Waals surface area (Å²) in [6, 6.07) is 28.0. The molecule has 12 heteroatoms. The van der Waals surface area contributed by atoms with Gasteiger partial charge in [-0.05, 0) is 179 Å². The summed E-state index contributed by atoms with van der Waals surface area (Å²) >= 11 is 0. The molecule has 3 aliphatic heterocycles. The Morgan fingerprint density at radius 2 is 0.776 bits per heavy atom. The summed E-state index contributed by atoms with van der Waals surface area (Å²) in [6.07, 6.45) is 11.9. The number of phenols is 1. The van der Waals surface area contributed by atoms with Gasteiger partial charge in [-0.2, -0.15) is 0 Å². The van der Waals surface area contributed by atoms with Gasteiger partial charge in [0.2, 0.25) is 0 Å². The lowest BCUT2D eigenvalue weighted by Gasteiger charge is -2.32. The Balaban J connectivity index is 1.37. The van der Waals surface area contributed by atoms with Gasteiger partial charge in [0.25, 0.3) is 0 Å². The third-order valence-electron chi connectivity index (χ3n) is 14.6. The normalized spacial score (nSPS) is 14.7. The molecule has 3 aromatic heterocycles. The number of phenolic OH excluding ortho intramolecular Hbond substituents is 1. The molecule has 6 heterocycles. The van der Waals surface area contributed by atoms with E-state index in [-0.39, 0.29) is 5.75 Å². The fourth-order valence-corrected chi connectivity index (χ4v) is 9.39. The van der Waals surface area contributed by atoms with Gasteiger partial charge < -0.3 is 43.3 Å². The van der Waals surface area contributed by atoms with Gasteiger partial charge in [0, 0.05) is 56.4 Å². The van der Waals surface area contributed by atoms with Crippen molar-refractivity contribution in [2.75, 3.05) is 26.4 Å². The van der Waals surface area contributed by atoms with Gasteiger partial charge in [-0.1, -0.05) is 67.5 Å². The van der Waals surface area contributed by atoms with E-state index in [0.717, 1.165) is 127 Å². The van der Waals surface area contributed by atoms with Crippen LogP contribution in [-0.4, -0.2) is 69.8 Å². The zero-order valence-corrected chi connectivity index (χ0v) is 46.7. The molecule has 0 unspecified atom stereocenters. The van der Waals surface area contributed by atoms with Crippen molar-refractivity contribution >= 4 is 59.0 Å². The van der Waals surface area contributed by atoms with Crippen LogP contribution in [0.1, 0.15) is 132 Å². The van der Waals surface area contributed by atoms with Gasteiger partial charge in [0.15, 0.2) is 0 Å². The summed E-state index contributed by atoms with van der Waals surface area (Å²) in [5.74, 6) is 4.98. The number of nitrogens with one attached hydrogen (secondary N) is 2. The molecule has 398 valence electrons. The summed E-state index contributed by atoms with van der Waals surface area (Å²) in [7, 11) is -0.773. The smallest absolute Gasteiger partial charge is 0.499 e. The van der Waals surface area contributed by atoms with E-state index in [1.54, 1.807) is 12.1 Å². The number of H-pyrrole nitrogens is 2. The number of nitrogens with zero attached hydrogens (tertiary/aromatic N) is 2. The molecule has 0 spiro atoms. The van der Waals surface area contributed by atoms with Crippen LogP contribution in [0.4, 0.5) is 0 Å². The van der Waals surface area contributed by atoms with Crippen LogP contribution >= 0.6 is 0 Å². The number of hydrogen-bond acceptors (Lipinski definition) is 9. The van der Waals surface area contributed by atoms with Crippen molar-refractivity contribution in [1.29, 1.82) is 0 Å². The summed E-state index contributed by atoms with van der Waals surface area (Å²) in [6.45, 7) is 28.2. The molecule has 11 nitrogen and oxygen atoms in total. The molecule has 1 fully saturated rings. The molecule has 6 aromatic rings. The van der Waals surface area contributed by atoms with Gasteiger partial charge in [-0.3, -0.25) is 0 Å². The van der Waals surface area contributed by atoms with Crippen LogP contribution in [0.25, 0.3) is 79.8 Å². The molecule has 3 aliphatic rings. The summed E-state index contributed by atoms with van der Waals surface area (Å²) in [4.78, 5) is 18.8. The minimum absolute atomic E-state index is 0.174. The van der Waals surface area contributed by atoms with Gasteiger partial charge in [0.1, 0.15) is 28.7 Å². The summed E-state index contributed by atoms with van der Waals surface area (Å²) in [5.41, 5.74) is 10.9. The highest BCUT2D eigenvalue weighted by Gasteiger charge is 2.53. The Morgan fingerprint density at radius 3 is 1.16 bits per heavy atom. The summed E-state index contributed by atoms with van der Waals surface area (Å²) < 4.78 is 39.9. The third-order valence-corrected chi connectivity index (χ3v) is 14.6. The first-order valence-electron chi connectivity index (χ1n) is 27.4. The van der Waals surface area contributed by atoms with E-state index in [9.17, 15) is 5.11 Å². The quantitative estimate of drug-likeness (QED) is 0.0638. The Morgan fingerprint density at radius 1 is 0.447 bits per heavy atom. The Hall–Kier alpha value is -6.76. The molecular formula is C64H77BN4O7. The van der Waals surface area contributed by atoms with Crippen molar-refractivity contribution in [3.05, 3.63) is 108 Å². The molecule has 0 saturated carbocycles. The van der Waals surface area contributed by atoms with Gasteiger partial charge in [0.05, 0.1) is 60.4 Å². The van der Waals surface area contributed by atoms with Crippen LogP contribution < -0.4 is 24.4 Å². The van der Waals surface area contributed by atoms with Crippen molar-refractivity contribution in [3.63, 3.8) is 0 Å². The van der Waals surface area contributed by atoms with Crippen LogP contribution in [-0.2, 0) is 9.31 Å². The fourth-order valence-electron chi connectivity index (χ4n) is 9.39. The number of fused-ring (bicyclic) bond motifs is 8. The predicted octanol–water partition coefficient (Wildman–Crippen LogP) is 15.4. The number of aromatic nitrogens is 4. The topological polar surface area (TPSA) is 133 Å². The molecule has 1 saturated heterocycles. The second kappa shape index (κ2) is 22.8. The van der Waals surface area contributed by atoms with Gasteiger partial charge in [-0.15, -0.1) is 0 Å². The van der Waals surface area contributed by atoms with Crippen molar-refractivity contribution < 1.29 is 33.4 Å². The molecule has 0 aliphatic carbocycles. The largest absolute Gasteiger partial charge is 0.508 e. The molecule has 3 aromatic carbocycles. The number of hydrogen-bond donors (Lipinski definition) is 3. The van der Waals surface area contributed by atoms with Crippen molar-refractivity contribution in [1.82, 2.24) is 19.9 Å². The lowest BCUT2D eigenvalue weighted by Crippen LogP contribution is -2.41. The number of benzene rings is 3. The highest BCUT2D eigenvalue weighted by atomic mass is 16.7. The second-order valence-electron chi connectivity index (χ2n) is 23.2. The fraction of sp³-hybridized carbons (Fsp3) is 0.406. The van der Waals surface area contributed by atoms with Gasteiger partial charge >= 0.3 is 7.12 Å². The lowest BCUT2D eigenvalue weighted by atomic mass is 9.77. The van der Waals surface area contributed by atoms with Crippen LogP contribution in [0.5, 0.6) is 28.7 Å². The van der Waals surface area contributed by atoms with Crippen molar-refractivity contribution in [2.24, 2.45) is 23.7 Å². The van der Waals surface area contributed by atoms with Crippen LogP contribution in [0.15, 0.2) is 84.9 Å². The Kier molecular flexibility index (Phi) is 16.2. The summed E-state index contributed by atoms with van der Waals surface area (Å²) in [5, 5.41) is 10.6. The monoisotopic (exact) mass is 1020 g/mol. The third kappa shape index (κ3) is 12.4. The minimum Gasteiger partial charge on any atom is -0.508 e. The van der Waals surface area contributed by atoms with E-state index in [0.29, 0.717) is 55.8 Å². The number of aromatic amines is 2. The lowest BCUT2D eigenvalue weighted by molar-refractivity contribution is 0.00578. The van der Waals surface area contributed by atoms with Crippen LogP contribution in [0.3, 0.4) is 0 Å². The predicted molar refractivity (Wildman–Crippen MR) is 312 cm³/mol. The SMILES string of the molecule is CC(C)CCOc1cc(OCCC(C)C)cc(-c2c3nc(c(-c4ccc(O)cc4)c4ccc([nH]4)c(-c4cc(OCCC(C)C)cc(OCCC(C)C)c4)c4nc(c(B5OC(C)(C)C(C)(C)O5)c5ccc2[nH]5)C=C4)C=C3)c1. The van der Waals surface area contributed by atoms with E-state index in [1.807, 2.05) is 24.3 Å². The molecule has 76 heavy (non-hydrogen) atoms. The van der Waals surface area contributed by atoms with Gasteiger partial charge in [-0.25, -0.2) is 9.97 Å². The highest BCUT2D eigenvalue weighted by molar-refractivity contribution is 6.65. The second-order valence-corrected chi connectivity index (χ2v) is 23.2. The van der Waals surface area contributed by atoms with E-state index in [2.05, 4.69) is 166 Å². The maximum atomic E-state index is 10.6. The van der Waals surface area contributed by atoms with E-state index >= 15 is 0 Å². The molecule has 3 N–H and O–H groups in total. The first-order chi connectivity index (χ1) is 36.3. The first kappa shape index (κ1) is 54.0. The zero-order chi connectivity index (χ0) is 53.9. The number of aromatic hydroxyl groups is 1. The van der Waals surface area contributed by atoms with E-state index in [4.69, 9.17) is 38.2 Å². The zero-order valence-electron chi connectivity index (χ0n) is 46.7. The minimum atomic E-state index is -0.773. The molecular weight excluding hydrogens is 948 g/mol. The Bertz CT molecular complexity index is 3120. The highest BCUT2D eigenvalue weighted by Crippen LogP contribution is 2.42. The molecule has 0 atom stereocenters. The van der Waals surface area contributed by atoms with E-state index in [1.165, 1.54) is 0 Å². The maximum absolute atomic E-state index is 10.6. The average Bonchev–Trinajstić information content (AvgIpc) is 4.22. The first-order valence-corrected chi connectivity index (χ1v) is 27.4. The Labute approximate surface area is 450 Å². The van der Waals surface area contributed by atoms with Crippen molar-refractivity contribution in [3.8, 4) is 62.1 Å². The van der Waals surface area contributed by atoms with E-state index < -0.39 is 18.3 Å². The maximum Gasteiger partial charge on any atom is 0.499 e. The number of rotatable bonds is 20. The van der Waals surface area contributed by atoms with Crippen LogP contribution in [0.2, 0.25) is 0 Å². The number of ether oxygens (including phenoxy) is 4. The molecule has 0 radical (unpaired) electrons. The molecule has 0 amide bonds. The standard InChI is InChI=1S/C64H77BN4O7/c1-39(2)25-29-71-47-33-44(34-48(37-47)72-30-26-40(3)4)60-53-19-17-51(66-53)59(43-13-15-46(70)16-14-43)52-18-20-54(67-52)61(45-35-49(73-31-27-41(5)6)38-50(36-45)74-32-28-42(7)8)56-22-24-58(69-56)62(57-23-21-55(60)68-57)65-75-63(9,10)64(11,12)76-65/h13-24,33-42,66,69-70H,25-32H2,1-12H3. The molecule has 9 rings (SSSR count). The average molecular weight is 1030 g/mol.